The van der Waals surface area contributed by atoms with Crippen LogP contribution >= 0.6 is 12.2 Å². The summed E-state index contributed by atoms with van der Waals surface area (Å²) in [6.45, 7) is 7.01. The van der Waals surface area contributed by atoms with Crippen molar-refractivity contribution in [1.29, 1.82) is 0 Å². The summed E-state index contributed by atoms with van der Waals surface area (Å²) in [5, 5.41) is 0.0925. The molecule has 0 unspecified atom stereocenters. The van der Waals surface area contributed by atoms with Gasteiger partial charge in [0.15, 0.2) is 0 Å². The van der Waals surface area contributed by atoms with Gasteiger partial charge in [0.1, 0.15) is 6.61 Å². The van der Waals surface area contributed by atoms with Crippen LogP contribution in [0.5, 0.6) is 0 Å². The molecule has 15 heavy (non-hydrogen) atoms. The molecule has 0 heterocycles. The van der Waals surface area contributed by atoms with Gasteiger partial charge in [-0.05, 0) is 28.8 Å². The number of nitrogens with two attached hydrogens (primary N) is 1. The number of hydrogen-bond donors (Lipinski definition) is 1. The van der Waals surface area contributed by atoms with Crippen molar-refractivity contribution < 1.29 is 4.74 Å². The maximum absolute atomic E-state index is 5.25. The Bertz CT molecular complexity index is 338. The first-order valence-electron chi connectivity index (χ1n) is 4.91. The lowest BCUT2D eigenvalue weighted by Gasteiger charge is -2.19. The molecule has 0 aromatic heterocycles. The molecule has 2 N–H and O–H groups in total. The molecule has 0 bridgehead atoms. The molecule has 1 aromatic carbocycles. The van der Waals surface area contributed by atoms with Crippen molar-refractivity contribution in [3.8, 4) is 0 Å². The Kier molecular flexibility index (Phi) is 3.69. The zero-order valence-corrected chi connectivity index (χ0v) is 10.2. The van der Waals surface area contributed by atoms with Gasteiger partial charge in [-0.3, -0.25) is 0 Å². The second kappa shape index (κ2) is 4.62. The lowest BCUT2D eigenvalue weighted by Crippen LogP contribution is -2.13. The maximum atomic E-state index is 5.25. The minimum Gasteiger partial charge on any atom is -0.466 e. The molecule has 0 aliphatic heterocycles. The van der Waals surface area contributed by atoms with Crippen LogP contribution in [0.2, 0.25) is 0 Å². The zero-order valence-electron chi connectivity index (χ0n) is 9.41. The molecule has 3 heteroatoms. The first-order chi connectivity index (χ1) is 6.89. The third kappa shape index (κ3) is 3.88. The Hall–Kier alpha value is -1.09. The number of rotatable bonds is 2. The van der Waals surface area contributed by atoms with E-state index in [2.05, 4.69) is 45.1 Å². The number of benzene rings is 1. The zero-order chi connectivity index (χ0) is 11.5. The van der Waals surface area contributed by atoms with Crippen LogP contribution in [-0.2, 0) is 16.8 Å². The summed E-state index contributed by atoms with van der Waals surface area (Å²) < 4.78 is 5.06. The lowest BCUT2D eigenvalue weighted by molar-refractivity contribution is 0.296. The molecule has 0 aliphatic carbocycles. The van der Waals surface area contributed by atoms with Gasteiger partial charge in [0, 0.05) is 0 Å². The predicted octanol–water partition coefficient (Wildman–Crippen LogP) is 2.74. The van der Waals surface area contributed by atoms with E-state index in [1.807, 2.05) is 12.1 Å². The molecule has 0 atom stereocenters. The molecular formula is C12H17NOS. The Balaban J connectivity index is 2.69. The first-order valence-corrected chi connectivity index (χ1v) is 5.32. The fourth-order valence-electron chi connectivity index (χ4n) is 1.26. The van der Waals surface area contributed by atoms with Gasteiger partial charge in [-0.25, -0.2) is 0 Å². The van der Waals surface area contributed by atoms with Crippen molar-refractivity contribution >= 4 is 17.4 Å². The van der Waals surface area contributed by atoms with E-state index in [4.69, 9.17) is 10.5 Å². The predicted molar refractivity (Wildman–Crippen MR) is 66.7 cm³/mol. The molecule has 0 amide bonds. The van der Waals surface area contributed by atoms with Gasteiger partial charge in [-0.15, -0.1) is 0 Å². The highest BCUT2D eigenvalue weighted by molar-refractivity contribution is 7.80. The fraction of sp³-hybridized carbons (Fsp3) is 0.417. The number of hydrogen-bond acceptors (Lipinski definition) is 2. The summed E-state index contributed by atoms with van der Waals surface area (Å²) in [6.07, 6.45) is 0. The summed E-state index contributed by atoms with van der Waals surface area (Å²) in [5.41, 5.74) is 7.82. The van der Waals surface area contributed by atoms with Gasteiger partial charge in [-0.1, -0.05) is 45.0 Å². The van der Waals surface area contributed by atoms with E-state index in [9.17, 15) is 0 Å². The van der Waals surface area contributed by atoms with Crippen molar-refractivity contribution in [2.75, 3.05) is 0 Å². The van der Waals surface area contributed by atoms with Gasteiger partial charge in [0.05, 0.1) is 0 Å². The van der Waals surface area contributed by atoms with E-state index in [0.717, 1.165) is 5.56 Å². The van der Waals surface area contributed by atoms with Crippen molar-refractivity contribution in [2.45, 2.75) is 32.8 Å². The van der Waals surface area contributed by atoms with E-state index in [1.165, 1.54) is 5.56 Å². The Morgan fingerprint density at radius 1 is 1.27 bits per heavy atom. The molecule has 0 fully saturated rings. The monoisotopic (exact) mass is 223 g/mol. The van der Waals surface area contributed by atoms with E-state index in [-0.39, 0.29) is 10.6 Å². The molecule has 1 aromatic rings. The number of thiocarbonyl (C=S) groups is 1. The molecular weight excluding hydrogens is 206 g/mol. The standard InChI is InChI=1S/C12H17NOS/c1-12(2,3)10-6-4-9(5-7-10)8-14-11(13)15/h4-7H,8H2,1-3H3,(H2,13,15). The van der Waals surface area contributed by atoms with E-state index < -0.39 is 0 Å². The van der Waals surface area contributed by atoms with Crippen LogP contribution < -0.4 is 5.73 Å². The molecule has 0 spiro atoms. The van der Waals surface area contributed by atoms with Crippen molar-refractivity contribution in [1.82, 2.24) is 0 Å². The third-order valence-corrected chi connectivity index (χ3v) is 2.32. The van der Waals surface area contributed by atoms with Crippen LogP contribution in [0.15, 0.2) is 24.3 Å². The minimum atomic E-state index is 0.0925. The average molecular weight is 223 g/mol. The van der Waals surface area contributed by atoms with Gasteiger partial charge in [0.25, 0.3) is 5.17 Å². The Morgan fingerprint density at radius 2 is 1.80 bits per heavy atom. The van der Waals surface area contributed by atoms with Crippen molar-refractivity contribution in [3.05, 3.63) is 35.4 Å². The van der Waals surface area contributed by atoms with Gasteiger partial charge in [0.2, 0.25) is 0 Å². The van der Waals surface area contributed by atoms with E-state index in [1.54, 1.807) is 0 Å². The topological polar surface area (TPSA) is 35.2 Å². The molecule has 0 radical (unpaired) electrons. The van der Waals surface area contributed by atoms with Crippen LogP contribution in [-0.4, -0.2) is 5.17 Å². The van der Waals surface area contributed by atoms with Crippen LogP contribution in [0, 0.1) is 0 Å². The largest absolute Gasteiger partial charge is 0.466 e. The Morgan fingerprint density at radius 3 is 2.20 bits per heavy atom. The van der Waals surface area contributed by atoms with Gasteiger partial charge >= 0.3 is 0 Å². The quantitative estimate of drug-likeness (QED) is 0.783. The summed E-state index contributed by atoms with van der Waals surface area (Å²) in [4.78, 5) is 0. The summed E-state index contributed by atoms with van der Waals surface area (Å²) in [5.74, 6) is 0. The third-order valence-electron chi connectivity index (χ3n) is 2.20. The highest BCUT2D eigenvalue weighted by Crippen LogP contribution is 2.22. The van der Waals surface area contributed by atoms with Crippen LogP contribution in [0.3, 0.4) is 0 Å². The lowest BCUT2D eigenvalue weighted by atomic mass is 9.87. The molecule has 1 rings (SSSR count). The number of ether oxygens (including phenoxy) is 1. The van der Waals surface area contributed by atoms with Crippen molar-refractivity contribution in [2.24, 2.45) is 5.73 Å². The van der Waals surface area contributed by atoms with E-state index >= 15 is 0 Å². The summed E-state index contributed by atoms with van der Waals surface area (Å²) in [6, 6.07) is 8.30. The molecule has 0 aliphatic rings. The van der Waals surface area contributed by atoms with Crippen LogP contribution in [0.4, 0.5) is 0 Å². The van der Waals surface area contributed by atoms with Gasteiger partial charge in [-0.2, -0.15) is 0 Å². The SMILES string of the molecule is CC(C)(C)c1ccc(COC(N)=S)cc1. The first kappa shape index (κ1) is 12.0. The minimum absolute atomic E-state index is 0.0925. The molecule has 0 saturated carbocycles. The Labute approximate surface area is 96.4 Å². The summed E-state index contributed by atoms with van der Waals surface area (Å²) in [7, 11) is 0. The van der Waals surface area contributed by atoms with E-state index in [0.29, 0.717) is 6.61 Å². The molecule has 2 nitrogen and oxygen atoms in total. The maximum Gasteiger partial charge on any atom is 0.254 e. The summed E-state index contributed by atoms with van der Waals surface area (Å²) >= 11 is 4.64. The average Bonchev–Trinajstić information content (AvgIpc) is 2.14. The van der Waals surface area contributed by atoms with Crippen molar-refractivity contribution in [3.63, 3.8) is 0 Å². The smallest absolute Gasteiger partial charge is 0.254 e. The van der Waals surface area contributed by atoms with Crippen LogP contribution in [0.1, 0.15) is 31.9 Å². The van der Waals surface area contributed by atoms with Gasteiger partial charge < -0.3 is 10.5 Å². The molecule has 0 saturated heterocycles. The molecule has 82 valence electrons. The highest BCUT2D eigenvalue weighted by atomic mass is 32.1. The fourth-order valence-corrected chi connectivity index (χ4v) is 1.31. The highest BCUT2D eigenvalue weighted by Gasteiger charge is 2.12. The second-order valence-electron chi connectivity index (χ2n) is 4.55. The second-order valence-corrected chi connectivity index (χ2v) is 4.96. The van der Waals surface area contributed by atoms with Crippen LogP contribution in [0.25, 0.3) is 0 Å². The normalized spacial score (nSPS) is 11.1.